The maximum absolute atomic E-state index is 12.1. The van der Waals surface area contributed by atoms with Crippen molar-refractivity contribution >= 4 is 53.3 Å². The van der Waals surface area contributed by atoms with Gasteiger partial charge in [-0.15, -0.1) is 30.4 Å². The van der Waals surface area contributed by atoms with Gasteiger partial charge in [0.15, 0.2) is 5.96 Å². The molecule has 2 unspecified atom stereocenters. The molecular formula is C18H25IN4OS. The summed E-state index contributed by atoms with van der Waals surface area (Å²) in [5, 5.41) is 9.98. The summed E-state index contributed by atoms with van der Waals surface area (Å²) >= 11 is 1.91. The maximum atomic E-state index is 12.1. The Hall–Kier alpha value is -1.40. The zero-order valence-corrected chi connectivity index (χ0v) is 17.7. The van der Waals surface area contributed by atoms with Crippen LogP contribution in [-0.2, 0) is 4.79 Å². The van der Waals surface area contributed by atoms with Crippen molar-refractivity contribution in [3.05, 3.63) is 29.8 Å². The molecule has 0 saturated heterocycles. The van der Waals surface area contributed by atoms with Gasteiger partial charge in [-0.3, -0.25) is 9.79 Å². The van der Waals surface area contributed by atoms with Gasteiger partial charge in [0.05, 0.1) is 6.54 Å². The van der Waals surface area contributed by atoms with Gasteiger partial charge in [-0.25, -0.2) is 0 Å². The van der Waals surface area contributed by atoms with Crippen molar-refractivity contribution in [3.8, 4) is 12.3 Å². The van der Waals surface area contributed by atoms with Crippen molar-refractivity contribution in [1.29, 1.82) is 0 Å². The van der Waals surface area contributed by atoms with Crippen LogP contribution >= 0.6 is 35.7 Å². The number of halogens is 1. The molecule has 5 nitrogen and oxygen atoms in total. The molecule has 1 aliphatic carbocycles. The number of carbonyl (C=O) groups is 1. The molecule has 0 bridgehead atoms. The zero-order valence-electron chi connectivity index (χ0n) is 14.5. The predicted octanol–water partition coefficient (Wildman–Crippen LogP) is 2.67. The van der Waals surface area contributed by atoms with E-state index in [1.54, 1.807) is 13.1 Å². The largest absolute Gasteiger partial charge is 0.354 e. The van der Waals surface area contributed by atoms with Crippen LogP contribution < -0.4 is 16.0 Å². The Bertz CT molecular complexity index is 644. The van der Waals surface area contributed by atoms with Gasteiger partial charge in [-0.05, 0) is 43.7 Å². The molecule has 2 atom stereocenters. The van der Waals surface area contributed by atoms with Crippen LogP contribution in [0.3, 0.4) is 0 Å². The van der Waals surface area contributed by atoms with E-state index < -0.39 is 0 Å². The molecule has 2 rings (SSSR count). The summed E-state index contributed by atoms with van der Waals surface area (Å²) in [5.41, 5.74) is 1.43. The van der Waals surface area contributed by atoms with E-state index in [2.05, 4.69) is 33.1 Å². The molecule has 1 amide bonds. The standard InChI is InChI=1S/C18H24N4OS.HI/c1-4-13-6-5-7-14(10-13)21-17(23)12-20-18(19-2)22-15-8-9-16(11-15)24-3;/h1,5-7,10,15-16H,8-9,11-12H2,2-3H3,(H,21,23)(H2,19,20,22);1H. The van der Waals surface area contributed by atoms with Crippen LogP contribution in [0.25, 0.3) is 0 Å². The van der Waals surface area contributed by atoms with Crippen molar-refractivity contribution in [2.45, 2.75) is 30.6 Å². The van der Waals surface area contributed by atoms with Gasteiger partial charge < -0.3 is 16.0 Å². The second-order valence-electron chi connectivity index (χ2n) is 5.71. The monoisotopic (exact) mass is 472 g/mol. The van der Waals surface area contributed by atoms with Gasteiger partial charge >= 0.3 is 0 Å². The molecule has 0 heterocycles. The third-order valence-electron chi connectivity index (χ3n) is 4.01. The van der Waals surface area contributed by atoms with Crippen LogP contribution in [0.2, 0.25) is 0 Å². The average molecular weight is 472 g/mol. The number of rotatable bonds is 5. The summed E-state index contributed by atoms with van der Waals surface area (Å²) in [4.78, 5) is 16.2. The van der Waals surface area contributed by atoms with Crippen LogP contribution in [0, 0.1) is 12.3 Å². The van der Waals surface area contributed by atoms with Gasteiger partial charge in [0.25, 0.3) is 0 Å². The summed E-state index contributed by atoms with van der Waals surface area (Å²) in [7, 11) is 1.71. The number of nitrogens with one attached hydrogen (secondary N) is 3. The third-order valence-corrected chi connectivity index (χ3v) is 5.11. The Morgan fingerprint density at radius 3 is 2.88 bits per heavy atom. The number of amides is 1. The lowest BCUT2D eigenvalue weighted by molar-refractivity contribution is -0.115. The molecule has 0 aromatic heterocycles. The Morgan fingerprint density at radius 1 is 1.44 bits per heavy atom. The molecular weight excluding hydrogens is 447 g/mol. The van der Waals surface area contributed by atoms with Gasteiger partial charge in [-0.1, -0.05) is 12.0 Å². The molecule has 1 fully saturated rings. The normalized spacial score (nSPS) is 19.5. The lowest BCUT2D eigenvalue weighted by atomic mass is 10.2. The van der Waals surface area contributed by atoms with E-state index in [1.165, 1.54) is 6.42 Å². The molecule has 3 N–H and O–H groups in total. The number of guanidine groups is 1. The second kappa shape index (κ2) is 11.3. The fourth-order valence-corrected chi connectivity index (χ4v) is 3.53. The van der Waals surface area contributed by atoms with Crippen molar-refractivity contribution in [1.82, 2.24) is 10.6 Å². The van der Waals surface area contributed by atoms with Crippen molar-refractivity contribution < 1.29 is 4.79 Å². The van der Waals surface area contributed by atoms with Crippen molar-refractivity contribution in [2.75, 3.05) is 25.2 Å². The molecule has 1 aromatic rings. The number of nitrogens with zero attached hydrogens (tertiary/aromatic N) is 1. The Morgan fingerprint density at radius 2 is 2.24 bits per heavy atom. The Balaban J connectivity index is 0.00000312. The Labute approximate surface area is 171 Å². The van der Waals surface area contributed by atoms with E-state index in [0.29, 0.717) is 22.9 Å². The lowest BCUT2D eigenvalue weighted by Crippen LogP contribution is -2.45. The topological polar surface area (TPSA) is 65.5 Å². The molecule has 1 aliphatic rings. The summed E-state index contributed by atoms with van der Waals surface area (Å²) in [6.45, 7) is 0.151. The van der Waals surface area contributed by atoms with Crippen LogP contribution in [0.5, 0.6) is 0 Å². The van der Waals surface area contributed by atoms with E-state index in [4.69, 9.17) is 6.42 Å². The third kappa shape index (κ3) is 7.16. The highest BCUT2D eigenvalue weighted by Crippen LogP contribution is 2.27. The SMILES string of the molecule is C#Cc1cccc(NC(=O)CNC(=NC)NC2CCC(SC)C2)c1.I. The van der Waals surface area contributed by atoms with Crippen LogP contribution in [0.4, 0.5) is 5.69 Å². The highest BCUT2D eigenvalue weighted by molar-refractivity contribution is 14.0. The van der Waals surface area contributed by atoms with Crippen LogP contribution in [0.15, 0.2) is 29.3 Å². The molecule has 25 heavy (non-hydrogen) atoms. The first-order valence-electron chi connectivity index (χ1n) is 8.01. The number of benzene rings is 1. The number of carbonyl (C=O) groups excluding carboxylic acids is 1. The van der Waals surface area contributed by atoms with Crippen LogP contribution in [0.1, 0.15) is 24.8 Å². The first-order chi connectivity index (χ1) is 11.6. The lowest BCUT2D eigenvalue weighted by Gasteiger charge is -2.17. The Kier molecular flexibility index (Phi) is 9.75. The molecule has 1 aromatic carbocycles. The smallest absolute Gasteiger partial charge is 0.243 e. The number of aliphatic imine (C=N–C) groups is 1. The minimum absolute atomic E-state index is 0. The highest BCUT2D eigenvalue weighted by Gasteiger charge is 2.24. The number of hydrogen-bond acceptors (Lipinski definition) is 3. The van der Waals surface area contributed by atoms with E-state index >= 15 is 0 Å². The van der Waals surface area contributed by atoms with Gasteiger partial charge in [0, 0.05) is 29.6 Å². The van der Waals surface area contributed by atoms with Gasteiger partial charge in [-0.2, -0.15) is 11.8 Å². The minimum Gasteiger partial charge on any atom is -0.354 e. The molecule has 0 spiro atoms. The first kappa shape index (κ1) is 21.6. The van der Waals surface area contributed by atoms with Crippen molar-refractivity contribution in [3.63, 3.8) is 0 Å². The molecule has 136 valence electrons. The number of thioether (sulfide) groups is 1. The fourth-order valence-electron chi connectivity index (χ4n) is 2.73. The van der Waals surface area contributed by atoms with Crippen LogP contribution in [-0.4, -0.2) is 43.0 Å². The average Bonchev–Trinajstić information content (AvgIpc) is 3.06. The van der Waals surface area contributed by atoms with Crippen molar-refractivity contribution in [2.24, 2.45) is 4.99 Å². The quantitative estimate of drug-likeness (QED) is 0.267. The van der Waals surface area contributed by atoms with E-state index in [-0.39, 0.29) is 36.4 Å². The van der Waals surface area contributed by atoms with Gasteiger partial charge in [0.1, 0.15) is 0 Å². The van der Waals surface area contributed by atoms with E-state index in [1.807, 2.05) is 30.0 Å². The highest BCUT2D eigenvalue weighted by atomic mass is 127. The predicted molar refractivity (Wildman–Crippen MR) is 118 cm³/mol. The first-order valence-corrected chi connectivity index (χ1v) is 9.30. The number of anilines is 1. The number of hydrogen-bond donors (Lipinski definition) is 3. The second-order valence-corrected chi connectivity index (χ2v) is 6.85. The summed E-state index contributed by atoms with van der Waals surface area (Å²) in [6.07, 6.45) is 11.0. The minimum atomic E-state index is -0.138. The summed E-state index contributed by atoms with van der Waals surface area (Å²) < 4.78 is 0. The molecule has 7 heteroatoms. The van der Waals surface area contributed by atoms with Gasteiger partial charge in [0.2, 0.25) is 5.91 Å². The van der Waals surface area contributed by atoms with E-state index in [0.717, 1.165) is 18.4 Å². The number of terminal acetylenes is 1. The maximum Gasteiger partial charge on any atom is 0.243 e. The zero-order chi connectivity index (χ0) is 17.4. The molecule has 1 saturated carbocycles. The van der Waals surface area contributed by atoms with E-state index in [9.17, 15) is 4.79 Å². The fraction of sp³-hybridized carbons (Fsp3) is 0.444. The molecule has 0 radical (unpaired) electrons. The summed E-state index contributed by atoms with van der Waals surface area (Å²) in [5.74, 6) is 3.07. The summed E-state index contributed by atoms with van der Waals surface area (Å²) in [6, 6.07) is 7.65. The molecule has 0 aliphatic heterocycles.